The van der Waals surface area contributed by atoms with Crippen LogP contribution in [0.5, 0.6) is 0 Å². The minimum absolute atomic E-state index is 0. The highest BCUT2D eigenvalue weighted by molar-refractivity contribution is 7.16. The molecule has 0 radical (unpaired) electrons. The summed E-state index contributed by atoms with van der Waals surface area (Å²) in [5.41, 5.74) is 5.74. The van der Waals surface area contributed by atoms with Crippen LogP contribution in [-0.4, -0.2) is 33.4 Å². The van der Waals surface area contributed by atoms with Gasteiger partial charge in [-0.05, 0) is 31.4 Å². The number of rotatable bonds is 4. The van der Waals surface area contributed by atoms with Gasteiger partial charge < -0.3 is 11.1 Å². The van der Waals surface area contributed by atoms with Crippen molar-refractivity contribution in [2.75, 3.05) is 6.54 Å². The van der Waals surface area contributed by atoms with Crippen LogP contribution in [0.4, 0.5) is 0 Å². The first-order chi connectivity index (χ1) is 10.3. The summed E-state index contributed by atoms with van der Waals surface area (Å²) in [5.74, 6) is 0.848. The van der Waals surface area contributed by atoms with Gasteiger partial charge in [-0.3, -0.25) is 4.79 Å². The number of hydrogen-bond donors (Lipinski definition) is 2. The Morgan fingerprint density at radius 2 is 2.00 bits per heavy atom. The standard InChI is InChI=1S/C14H17N5OS.2ClH/c15-7-9-3-1-4-10(9)19-13(20)11-8-18-14(21-11)12-16-5-2-6-17-12;;/h2,5-6,8-10H,1,3-4,7,15H2,(H,19,20);2*1H. The Morgan fingerprint density at radius 1 is 1.26 bits per heavy atom. The molecule has 1 aliphatic carbocycles. The van der Waals surface area contributed by atoms with Gasteiger partial charge in [0.2, 0.25) is 0 Å². The van der Waals surface area contributed by atoms with E-state index in [0.717, 1.165) is 19.3 Å². The number of nitrogens with two attached hydrogens (primary N) is 1. The number of carbonyl (C=O) groups excluding carboxylic acids is 1. The maximum absolute atomic E-state index is 12.3. The Labute approximate surface area is 151 Å². The number of nitrogens with one attached hydrogen (secondary N) is 1. The Kier molecular flexibility index (Phi) is 7.84. The molecule has 126 valence electrons. The number of aromatic nitrogens is 3. The van der Waals surface area contributed by atoms with Gasteiger partial charge >= 0.3 is 0 Å². The molecular weight excluding hydrogens is 357 g/mol. The zero-order chi connectivity index (χ0) is 14.7. The van der Waals surface area contributed by atoms with Crippen molar-refractivity contribution >= 4 is 42.1 Å². The number of carbonyl (C=O) groups is 1. The molecule has 3 N–H and O–H groups in total. The first-order valence-electron chi connectivity index (χ1n) is 7.02. The predicted molar refractivity (Wildman–Crippen MR) is 95.3 cm³/mol. The Bertz CT molecular complexity index is 625. The van der Waals surface area contributed by atoms with Gasteiger partial charge in [0.25, 0.3) is 5.91 Å². The minimum Gasteiger partial charge on any atom is -0.348 e. The van der Waals surface area contributed by atoms with Crippen LogP contribution in [0.25, 0.3) is 10.8 Å². The summed E-state index contributed by atoms with van der Waals surface area (Å²) in [4.78, 5) is 25.4. The van der Waals surface area contributed by atoms with Gasteiger partial charge in [0.15, 0.2) is 10.8 Å². The third kappa shape index (κ3) is 4.60. The van der Waals surface area contributed by atoms with Crippen LogP contribution in [-0.2, 0) is 0 Å². The van der Waals surface area contributed by atoms with E-state index < -0.39 is 0 Å². The monoisotopic (exact) mass is 375 g/mol. The highest BCUT2D eigenvalue weighted by Crippen LogP contribution is 2.26. The van der Waals surface area contributed by atoms with Crippen LogP contribution in [0.3, 0.4) is 0 Å². The molecule has 0 bridgehead atoms. The van der Waals surface area contributed by atoms with E-state index in [4.69, 9.17) is 5.73 Å². The predicted octanol–water partition coefficient (Wildman–Crippen LogP) is 2.30. The van der Waals surface area contributed by atoms with E-state index in [1.165, 1.54) is 11.3 Å². The van der Waals surface area contributed by atoms with Crippen LogP contribution in [0.15, 0.2) is 24.7 Å². The molecule has 0 aromatic carbocycles. The molecule has 0 saturated heterocycles. The third-order valence-electron chi connectivity index (χ3n) is 3.76. The summed E-state index contributed by atoms with van der Waals surface area (Å²) in [6.45, 7) is 0.622. The summed E-state index contributed by atoms with van der Waals surface area (Å²) >= 11 is 1.31. The molecule has 1 fully saturated rings. The van der Waals surface area contributed by atoms with Crippen LogP contribution in [0, 0.1) is 5.92 Å². The first kappa shape index (κ1) is 19.8. The van der Waals surface area contributed by atoms with Gasteiger partial charge in [-0.1, -0.05) is 6.42 Å². The van der Waals surface area contributed by atoms with Crippen molar-refractivity contribution in [2.45, 2.75) is 25.3 Å². The van der Waals surface area contributed by atoms with E-state index >= 15 is 0 Å². The fourth-order valence-electron chi connectivity index (χ4n) is 2.64. The summed E-state index contributed by atoms with van der Waals surface area (Å²) < 4.78 is 0. The fraction of sp³-hybridized carbons (Fsp3) is 0.429. The average molecular weight is 376 g/mol. The molecule has 23 heavy (non-hydrogen) atoms. The van der Waals surface area contributed by atoms with Crippen molar-refractivity contribution in [3.05, 3.63) is 29.5 Å². The van der Waals surface area contributed by atoms with E-state index in [1.54, 1.807) is 24.7 Å². The van der Waals surface area contributed by atoms with Crippen molar-refractivity contribution in [3.63, 3.8) is 0 Å². The molecule has 1 saturated carbocycles. The first-order valence-corrected chi connectivity index (χ1v) is 7.83. The SMILES string of the molecule is Cl.Cl.NCC1CCCC1NC(=O)c1cnc(-c2ncccn2)s1. The minimum atomic E-state index is -0.0833. The van der Waals surface area contributed by atoms with Gasteiger partial charge in [-0.15, -0.1) is 36.2 Å². The van der Waals surface area contributed by atoms with Gasteiger partial charge in [-0.25, -0.2) is 15.0 Å². The van der Waals surface area contributed by atoms with Crippen molar-refractivity contribution in [2.24, 2.45) is 11.7 Å². The largest absolute Gasteiger partial charge is 0.348 e. The van der Waals surface area contributed by atoms with E-state index in [9.17, 15) is 4.79 Å². The normalized spacial score (nSPS) is 19.5. The van der Waals surface area contributed by atoms with Crippen LogP contribution >= 0.6 is 36.2 Å². The summed E-state index contributed by atoms with van der Waals surface area (Å²) in [7, 11) is 0. The lowest BCUT2D eigenvalue weighted by Gasteiger charge is -2.18. The quantitative estimate of drug-likeness (QED) is 0.854. The summed E-state index contributed by atoms with van der Waals surface area (Å²) in [6.07, 6.45) is 8.12. The van der Waals surface area contributed by atoms with E-state index in [1.807, 2.05) is 0 Å². The van der Waals surface area contributed by atoms with Crippen molar-refractivity contribution in [1.82, 2.24) is 20.3 Å². The zero-order valence-corrected chi connectivity index (χ0v) is 14.8. The number of nitrogens with zero attached hydrogens (tertiary/aromatic N) is 3. The Morgan fingerprint density at radius 3 is 2.70 bits per heavy atom. The van der Waals surface area contributed by atoms with Crippen molar-refractivity contribution < 1.29 is 4.79 Å². The van der Waals surface area contributed by atoms with Gasteiger partial charge in [0.1, 0.15) is 4.88 Å². The van der Waals surface area contributed by atoms with Crippen LogP contribution in [0.1, 0.15) is 28.9 Å². The van der Waals surface area contributed by atoms with Gasteiger partial charge in [0.05, 0.1) is 6.20 Å². The smallest absolute Gasteiger partial charge is 0.263 e. The van der Waals surface area contributed by atoms with E-state index in [2.05, 4.69) is 20.3 Å². The lowest BCUT2D eigenvalue weighted by Crippen LogP contribution is -2.39. The van der Waals surface area contributed by atoms with Crippen LogP contribution < -0.4 is 11.1 Å². The second kappa shape index (κ2) is 9.12. The second-order valence-electron chi connectivity index (χ2n) is 5.11. The Hall–Kier alpha value is -1.28. The molecule has 1 aliphatic rings. The molecule has 6 nitrogen and oxygen atoms in total. The molecular formula is C14H19Cl2N5OS. The second-order valence-corrected chi connectivity index (χ2v) is 6.14. The number of hydrogen-bond acceptors (Lipinski definition) is 6. The zero-order valence-electron chi connectivity index (χ0n) is 12.3. The lowest BCUT2D eigenvalue weighted by molar-refractivity contribution is 0.0932. The molecule has 2 atom stereocenters. The molecule has 2 aromatic rings. The fourth-order valence-corrected chi connectivity index (χ4v) is 3.41. The summed E-state index contributed by atoms with van der Waals surface area (Å²) in [6, 6.07) is 1.93. The molecule has 2 heterocycles. The van der Waals surface area contributed by atoms with Crippen LogP contribution in [0.2, 0.25) is 0 Å². The average Bonchev–Trinajstić information content (AvgIpc) is 3.17. The van der Waals surface area contributed by atoms with Crippen molar-refractivity contribution in [1.29, 1.82) is 0 Å². The molecule has 0 aliphatic heterocycles. The molecule has 3 rings (SSSR count). The molecule has 0 spiro atoms. The lowest BCUT2D eigenvalue weighted by atomic mass is 10.0. The molecule has 9 heteroatoms. The number of thiazole rings is 1. The molecule has 1 amide bonds. The highest BCUT2D eigenvalue weighted by Gasteiger charge is 2.28. The molecule has 2 unspecified atom stereocenters. The number of halogens is 2. The highest BCUT2D eigenvalue weighted by atomic mass is 35.5. The molecule has 2 aromatic heterocycles. The van der Waals surface area contributed by atoms with Gasteiger partial charge in [-0.2, -0.15) is 0 Å². The maximum atomic E-state index is 12.3. The van der Waals surface area contributed by atoms with Crippen molar-refractivity contribution in [3.8, 4) is 10.8 Å². The van der Waals surface area contributed by atoms with E-state index in [0.29, 0.717) is 28.2 Å². The van der Waals surface area contributed by atoms with E-state index in [-0.39, 0.29) is 36.8 Å². The summed E-state index contributed by atoms with van der Waals surface area (Å²) in [5, 5.41) is 3.73. The number of amides is 1. The third-order valence-corrected chi connectivity index (χ3v) is 4.76. The maximum Gasteiger partial charge on any atom is 0.263 e. The topological polar surface area (TPSA) is 93.8 Å². The van der Waals surface area contributed by atoms with Gasteiger partial charge in [0, 0.05) is 18.4 Å². The Balaban J connectivity index is 0.00000132.